The maximum absolute atomic E-state index is 12.0. The lowest BCUT2D eigenvalue weighted by Crippen LogP contribution is -2.34. The molecular formula is C14H18ClNO2S. The van der Waals surface area contributed by atoms with E-state index in [4.69, 9.17) is 11.6 Å². The maximum atomic E-state index is 12.0. The van der Waals surface area contributed by atoms with Crippen LogP contribution >= 0.6 is 23.4 Å². The van der Waals surface area contributed by atoms with Gasteiger partial charge in [-0.05, 0) is 37.6 Å². The van der Waals surface area contributed by atoms with Crippen molar-refractivity contribution in [2.45, 2.75) is 30.3 Å². The van der Waals surface area contributed by atoms with E-state index in [1.807, 2.05) is 24.3 Å². The summed E-state index contributed by atoms with van der Waals surface area (Å²) in [6, 6.07) is 7.61. The van der Waals surface area contributed by atoms with Crippen molar-refractivity contribution in [2.75, 3.05) is 18.8 Å². The fraction of sp³-hybridized carbons (Fsp3) is 0.500. The lowest BCUT2D eigenvalue weighted by atomic mass is 10.1. The van der Waals surface area contributed by atoms with Gasteiger partial charge < -0.3 is 10.0 Å². The van der Waals surface area contributed by atoms with Gasteiger partial charge in [-0.3, -0.25) is 4.79 Å². The minimum Gasteiger partial charge on any atom is -0.388 e. The number of likely N-dealkylation sites (tertiary alicyclic amines) is 1. The highest BCUT2D eigenvalue weighted by molar-refractivity contribution is 7.99. The molecule has 5 heteroatoms. The van der Waals surface area contributed by atoms with Gasteiger partial charge >= 0.3 is 0 Å². The van der Waals surface area contributed by atoms with E-state index in [0.717, 1.165) is 15.7 Å². The van der Waals surface area contributed by atoms with Gasteiger partial charge in [0, 0.05) is 35.2 Å². The van der Waals surface area contributed by atoms with E-state index in [-0.39, 0.29) is 5.91 Å². The Morgan fingerprint density at radius 2 is 2.16 bits per heavy atom. The number of carbonyl (C=O) groups excluding carboxylic acids is 1. The lowest BCUT2D eigenvalue weighted by Gasteiger charge is -2.18. The number of hydrogen-bond acceptors (Lipinski definition) is 3. The molecule has 1 aromatic rings. The van der Waals surface area contributed by atoms with Gasteiger partial charge in [0.25, 0.3) is 0 Å². The Hall–Kier alpha value is -0.710. The van der Waals surface area contributed by atoms with E-state index >= 15 is 0 Å². The van der Waals surface area contributed by atoms with Gasteiger partial charge in [-0.25, -0.2) is 0 Å². The Bertz CT molecular complexity index is 447. The first-order valence-corrected chi connectivity index (χ1v) is 7.71. The third-order valence-corrected chi connectivity index (χ3v) is 4.47. The molecule has 1 N–H and O–H groups in total. The molecule has 0 radical (unpaired) electrons. The van der Waals surface area contributed by atoms with E-state index < -0.39 is 5.60 Å². The minimum absolute atomic E-state index is 0.124. The number of aliphatic hydroxyl groups is 1. The average Bonchev–Trinajstić information content (AvgIpc) is 2.72. The van der Waals surface area contributed by atoms with Gasteiger partial charge in [0.2, 0.25) is 5.91 Å². The molecule has 0 spiro atoms. The van der Waals surface area contributed by atoms with Crippen LogP contribution in [0.3, 0.4) is 0 Å². The zero-order chi connectivity index (χ0) is 13.9. The standard InChI is InChI=1S/C14H18ClNO2S/c1-14(18)7-8-16(10-14)13(17)6-9-19-12-4-2-11(15)3-5-12/h2-5,18H,6-10H2,1H3. The second-order valence-electron chi connectivity index (χ2n) is 5.11. The molecule has 1 unspecified atom stereocenters. The highest BCUT2D eigenvalue weighted by Gasteiger charge is 2.33. The number of β-amino-alcohol motifs (C(OH)–C–C–N with tert-alkyl or cyclic N) is 1. The van der Waals surface area contributed by atoms with Crippen LogP contribution in [0.1, 0.15) is 19.8 Å². The summed E-state index contributed by atoms with van der Waals surface area (Å²) in [5, 5.41) is 10.6. The highest BCUT2D eigenvalue weighted by Crippen LogP contribution is 2.23. The lowest BCUT2D eigenvalue weighted by molar-refractivity contribution is -0.130. The molecule has 1 aliphatic heterocycles. The molecule has 1 saturated heterocycles. The molecule has 1 aromatic carbocycles. The Balaban J connectivity index is 1.74. The molecule has 19 heavy (non-hydrogen) atoms. The second-order valence-corrected chi connectivity index (χ2v) is 6.72. The quantitative estimate of drug-likeness (QED) is 0.869. The maximum Gasteiger partial charge on any atom is 0.223 e. The molecule has 1 aliphatic rings. The van der Waals surface area contributed by atoms with Crippen molar-refractivity contribution < 1.29 is 9.90 Å². The van der Waals surface area contributed by atoms with E-state index in [9.17, 15) is 9.90 Å². The first-order valence-electron chi connectivity index (χ1n) is 6.35. The Morgan fingerprint density at radius 3 is 2.74 bits per heavy atom. The first kappa shape index (κ1) is 14.7. The average molecular weight is 300 g/mol. The van der Waals surface area contributed by atoms with Crippen LogP contribution in [-0.2, 0) is 4.79 Å². The van der Waals surface area contributed by atoms with Crippen LogP contribution < -0.4 is 0 Å². The summed E-state index contributed by atoms with van der Waals surface area (Å²) >= 11 is 7.46. The van der Waals surface area contributed by atoms with Crippen molar-refractivity contribution in [3.05, 3.63) is 29.3 Å². The van der Waals surface area contributed by atoms with E-state index in [2.05, 4.69) is 0 Å². The molecule has 1 atom stereocenters. The number of halogens is 1. The van der Waals surface area contributed by atoms with E-state index in [1.165, 1.54) is 0 Å². The molecule has 2 rings (SSSR count). The number of carbonyl (C=O) groups is 1. The number of amides is 1. The smallest absolute Gasteiger partial charge is 0.223 e. The fourth-order valence-corrected chi connectivity index (χ4v) is 3.07. The van der Waals surface area contributed by atoms with Gasteiger partial charge in [-0.1, -0.05) is 11.6 Å². The molecule has 1 heterocycles. The summed E-state index contributed by atoms with van der Waals surface area (Å²) in [7, 11) is 0. The number of nitrogens with zero attached hydrogens (tertiary/aromatic N) is 1. The highest BCUT2D eigenvalue weighted by atomic mass is 35.5. The number of benzene rings is 1. The Kier molecular flexibility index (Phi) is 4.76. The van der Waals surface area contributed by atoms with Crippen LogP contribution in [0.2, 0.25) is 5.02 Å². The predicted octanol–water partition coefficient (Wildman–Crippen LogP) is 2.81. The van der Waals surface area contributed by atoms with Crippen molar-refractivity contribution in [1.29, 1.82) is 0 Å². The van der Waals surface area contributed by atoms with Crippen LogP contribution in [0, 0.1) is 0 Å². The zero-order valence-corrected chi connectivity index (χ0v) is 12.5. The van der Waals surface area contributed by atoms with Gasteiger partial charge in [-0.15, -0.1) is 11.8 Å². The molecule has 104 valence electrons. The van der Waals surface area contributed by atoms with Gasteiger partial charge in [0.1, 0.15) is 0 Å². The van der Waals surface area contributed by atoms with Gasteiger partial charge in [-0.2, -0.15) is 0 Å². The molecule has 3 nitrogen and oxygen atoms in total. The van der Waals surface area contributed by atoms with E-state index in [0.29, 0.717) is 25.9 Å². The van der Waals surface area contributed by atoms with Crippen molar-refractivity contribution in [2.24, 2.45) is 0 Å². The predicted molar refractivity (Wildman–Crippen MR) is 78.6 cm³/mol. The third kappa shape index (κ3) is 4.41. The van der Waals surface area contributed by atoms with Crippen molar-refractivity contribution in [1.82, 2.24) is 4.90 Å². The summed E-state index contributed by atoms with van der Waals surface area (Å²) in [6.07, 6.45) is 1.17. The summed E-state index contributed by atoms with van der Waals surface area (Å²) < 4.78 is 0. The van der Waals surface area contributed by atoms with Crippen molar-refractivity contribution >= 4 is 29.3 Å². The third-order valence-electron chi connectivity index (χ3n) is 3.20. The molecule has 1 amide bonds. The van der Waals surface area contributed by atoms with Gasteiger partial charge in [0.05, 0.1) is 5.60 Å². The van der Waals surface area contributed by atoms with Crippen molar-refractivity contribution in [3.8, 4) is 0 Å². The normalized spacial score (nSPS) is 22.8. The topological polar surface area (TPSA) is 40.5 Å². The molecule has 0 aliphatic carbocycles. The molecule has 0 aromatic heterocycles. The molecular weight excluding hydrogens is 282 g/mol. The van der Waals surface area contributed by atoms with Gasteiger partial charge in [0.15, 0.2) is 0 Å². The zero-order valence-electron chi connectivity index (χ0n) is 10.9. The largest absolute Gasteiger partial charge is 0.388 e. The monoisotopic (exact) mass is 299 g/mol. The summed E-state index contributed by atoms with van der Waals surface area (Å²) in [6.45, 7) is 2.90. The summed E-state index contributed by atoms with van der Waals surface area (Å²) in [5.74, 6) is 0.873. The number of hydrogen-bond donors (Lipinski definition) is 1. The van der Waals surface area contributed by atoms with E-state index in [1.54, 1.807) is 23.6 Å². The Labute approximate surface area is 122 Å². The number of rotatable bonds is 4. The molecule has 0 saturated carbocycles. The van der Waals surface area contributed by atoms with Crippen LogP contribution in [0.4, 0.5) is 0 Å². The SMILES string of the molecule is CC1(O)CCN(C(=O)CCSc2ccc(Cl)cc2)C1. The Morgan fingerprint density at radius 1 is 1.47 bits per heavy atom. The minimum atomic E-state index is -0.709. The first-order chi connectivity index (χ1) is 8.96. The van der Waals surface area contributed by atoms with Crippen LogP contribution in [0.25, 0.3) is 0 Å². The molecule has 0 bridgehead atoms. The second kappa shape index (κ2) is 6.16. The van der Waals surface area contributed by atoms with Crippen LogP contribution in [0.5, 0.6) is 0 Å². The van der Waals surface area contributed by atoms with Crippen LogP contribution in [-0.4, -0.2) is 40.4 Å². The van der Waals surface area contributed by atoms with Crippen molar-refractivity contribution in [3.63, 3.8) is 0 Å². The van der Waals surface area contributed by atoms with Crippen LogP contribution in [0.15, 0.2) is 29.2 Å². The summed E-state index contributed by atoms with van der Waals surface area (Å²) in [5.41, 5.74) is -0.709. The number of thioether (sulfide) groups is 1. The molecule has 1 fully saturated rings. The summed E-state index contributed by atoms with van der Waals surface area (Å²) in [4.78, 5) is 14.8. The fourth-order valence-electron chi connectivity index (χ4n) is 2.10.